The number of hydrogen-bond donors (Lipinski definition) is 2. The molecule has 1 aromatic heterocycles. The molecular formula is C21H24N6O. The van der Waals surface area contributed by atoms with Gasteiger partial charge in [-0.25, -0.2) is 0 Å². The van der Waals surface area contributed by atoms with Crippen molar-refractivity contribution in [2.45, 2.75) is 6.42 Å². The molecule has 0 spiro atoms. The van der Waals surface area contributed by atoms with Gasteiger partial charge in [0.05, 0.1) is 13.2 Å². The molecule has 1 saturated heterocycles. The number of anilines is 4. The molecule has 0 radical (unpaired) electrons. The SMILES string of the molecule is c1ccc(CCNc2nc(Nc3ccccc3)nc(N3CCOCC3)n2)cc1. The third kappa shape index (κ3) is 4.95. The molecule has 0 bridgehead atoms. The number of para-hydroxylation sites is 1. The van der Waals surface area contributed by atoms with Gasteiger partial charge < -0.3 is 20.3 Å². The van der Waals surface area contributed by atoms with Gasteiger partial charge in [0.2, 0.25) is 17.8 Å². The fourth-order valence-corrected chi connectivity index (χ4v) is 3.02. The van der Waals surface area contributed by atoms with Gasteiger partial charge >= 0.3 is 0 Å². The Bertz CT molecular complexity index is 869. The second-order valence-corrected chi connectivity index (χ2v) is 6.54. The lowest BCUT2D eigenvalue weighted by atomic mass is 10.1. The van der Waals surface area contributed by atoms with E-state index in [0.717, 1.165) is 31.7 Å². The summed E-state index contributed by atoms with van der Waals surface area (Å²) in [6, 6.07) is 20.3. The molecule has 2 heterocycles. The van der Waals surface area contributed by atoms with E-state index in [-0.39, 0.29) is 0 Å². The molecule has 4 rings (SSSR count). The van der Waals surface area contributed by atoms with Crippen LogP contribution in [0.1, 0.15) is 5.56 Å². The lowest BCUT2D eigenvalue weighted by Crippen LogP contribution is -2.37. The number of morpholine rings is 1. The van der Waals surface area contributed by atoms with Gasteiger partial charge in [0.25, 0.3) is 0 Å². The highest BCUT2D eigenvalue weighted by molar-refractivity contribution is 5.55. The molecule has 0 atom stereocenters. The number of nitrogens with one attached hydrogen (secondary N) is 2. The first kappa shape index (κ1) is 18.2. The average molecular weight is 376 g/mol. The van der Waals surface area contributed by atoms with Crippen molar-refractivity contribution in [1.82, 2.24) is 15.0 Å². The van der Waals surface area contributed by atoms with E-state index in [0.29, 0.717) is 31.1 Å². The van der Waals surface area contributed by atoms with E-state index in [1.165, 1.54) is 5.56 Å². The summed E-state index contributed by atoms with van der Waals surface area (Å²) in [4.78, 5) is 15.9. The smallest absolute Gasteiger partial charge is 0.233 e. The summed E-state index contributed by atoms with van der Waals surface area (Å²) in [6.07, 6.45) is 0.904. The van der Waals surface area contributed by atoms with Crippen molar-refractivity contribution in [3.63, 3.8) is 0 Å². The van der Waals surface area contributed by atoms with Crippen LogP contribution in [0.5, 0.6) is 0 Å². The molecule has 1 aliphatic heterocycles. The first-order valence-corrected chi connectivity index (χ1v) is 9.55. The molecule has 7 heteroatoms. The van der Waals surface area contributed by atoms with E-state index in [2.05, 4.69) is 54.8 Å². The van der Waals surface area contributed by atoms with Crippen LogP contribution in [0.15, 0.2) is 60.7 Å². The highest BCUT2D eigenvalue weighted by Gasteiger charge is 2.16. The Kier molecular flexibility index (Phi) is 5.94. The van der Waals surface area contributed by atoms with E-state index in [4.69, 9.17) is 4.74 Å². The number of aromatic nitrogens is 3. The zero-order valence-electron chi connectivity index (χ0n) is 15.7. The first-order chi connectivity index (χ1) is 13.9. The van der Waals surface area contributed by atoms with Gasteiger partial charge in [-0.3, -0.25) is 0 Å². The molecule has 0 amide bonds. The third-order valence-corrected chi connectivity index (χ3v) is 4.49. The number of rotatable bonds is 7. The summed E-state index contributed by atoms with van der Waals surface area (Å²) >= 11 is 0. The first-order valence-electron chi connectivity index (χ1n) is 9.55. The summed E-state index contributed by atoms with van der Waals surface area (Å²) in [5.41, 5.74) is 2.22. The number of benzene rings is 2. The molecule has 7 nitrogen and oxygen atoms in total. The Labute approximate surface area is 164 Å². The molecule has 0 unspecified atom stereocenters. The topological polar surface area (TPSA) is 75.2 Å². The van der Waals surface area contributed by atoms with Crippen LogP contribution in [-0.4, -0.2) is 47.8 Å². The third-order valence-electron chi connectivity index (χ3n) is 4.49. The van der Waals surface area contributed by atoms with Crippen LogP contribution in [0.4, 0.5) is 23.5 Å². The van der Waals surface area contributed by atoms with Crippen molar-refractivity contribution in [3.05, 3.63) is 66.2 Å². The van der Waals surface area contributed by atoms with Crippen molar-refractivity contribution >= 4 is 23.5 Å². The monoisotopic (exact) mass is 376 g/mol. The fraction of sp³-hybridized carbons (Fsp3) is 0.286. The van der Waals surface area contributed by atoms with Crippen LogP contribution in [0.3, 0.4) is 0 Å². The highest BCUT2D eigenvalue weighted by atomic mass is 16.5. The van der Waals surface area contributed by atoms with Crippen molar-refractivity contribution in [3.8, 4) is 0 Å². The Morgan fingerprint density at radius 1 is 0.821 bits per heavy atom. The maximum atomic E-state index is 5.45. The molecule has 1 fully saturated rings. The highest BCUT2D eigenvalue weighted by Crippen LogP contribution is 2.18. The Morgan fingerprint density at radius 3 is 2.25 bits per heavy atom. The molecule has 144 valence electrons. The van der Waals surface area contributed by atoms with Crippen molar-refractivity contribution in [2.24, 2.45) is 0 Å². The van der Waals surface area contributed by atoms with E-state index >= 15 is 0 Å². The lowest BCUT2D eigenvalue weighted by molar-refractivity contribution is 0.122. The minimum atomic E-state index is 0.532. The van der Waals surface area contributed by atoms with Crippen molar-refractivity contribution in [1.29, 1.82) is 0 Å². The Morgan fingerprint density at radius 2 is 1.50 bits per heavy atom. The molecule has 1 aliphatic rings. The van der Waals surface area contributed by atoms with Gasteiger partial charge in [-0.2, -0.15) is 15.0 Å². The van der Waals surface area contributed by atoms with Crippen LogP contribution >= 0.6 is 0 Å². The largest absolute Gasteiger partial charge is 0.378 e. The van der Waals surface area contributed by atoms with Crippen molar-refractivity contribution < 1.29 is 4.74 Å². The molecule has 28 heavy (non-hydrogen) atoms. The predicted octanol–water partition coefficient (Wildman–Crippen LogP) is 3.11. The number of ether oxygens (including phenoxy) is 1. The van der Waals surface area contributed by atoms with Gasteiger partial charge in [-0.1, -0.05) is 48.5 Å². The van der Waals surface area contributed by atoms with Gasteiger partial charge in [0.15, 0.2) is 0 Å². The van der Waals surface area contributed by atoms with E-state index < -0.39 is 0 Å². The van der Waals surface area contributed by atoms with Gasteiger partial charge in [0, 0.05) is 25.3 Å². The van der Waals surface area contributed by atoms with E-state index in [1.807, 2.05) is 36.4 Å². The second-order valence-electron chi connectivity index (χ2n) is 6.54. The Hall–Kier alpha value is -3.19. The average Bonchev–Trinajstić information content (AvgIpc) is 2.76. The van der Waals surface area contributed by atoms with Gasteiger partial charge in [-0.15, -0.1) is 0 Å². The number of nitrogens with zero attached hydrogens (tertiary/aromatic N) is 4. The molecule has 0 aliphatic carbocycles. The maximum Gasteiger partial charge on any atom is 0.233 e. The van der Waals surface area contributed by atoms with Crippen LogP contribution in [0.2, 0.25) is 0 Å². The van der Waals surface area contributed by atoms with Gasteiger partial charge in [-0.05, 0) is 24.1 Å². The molecule has 2 N–H and O–H groups in total. The summed E-state index contributed by atoms with van der Waals surface area (Å²) in [6.45, 7) is 3.67. The molecule has 3 aromatic rings. The second kappa shape index (κ2) is 9.14. The molecule has 0 saturated carbocycles. The zero-order chi connectivity index (χ0) is 19.0. The minimum absolute atomic E-state index is 0.532. The quantitative estimate of drug-likeness (QED) is 0.656. The minimum Gasteiger partial charge on any atom is -0.378 e. The fourth-order valence-electron chi connectivity index (χ4n) is 3.02. The summed E-state index contributed by atoms with van der Waals surface area (Å²) in [7, 11) is 0. The molecule has 2 aromatic carbocycles. The van der Waals surface area contributed by atoms with Crippen LogP contribution in [0.25, 0.3) is 0 Å². The summed E-state index contributed by atoms with van der Waals surface area (Å²) in [5, 5.41) is 6.61. The van der Waals surface area contributed by atoms with Crippen molar-refractivity contribution in [2.75, 3.05) is 48.4 Å². The van der Waals surface area contributed by atoms with E-state index in [9.17, 15) is 0 Å². The van der Waals surface area contributed by atoms with Crippen LogP contribution in [-0.2, 0) is 11.2 Å². The Balaban J connectivity index is 1.50. The summed E-state index contributed by atoms with van der Waals surface area (Å²) < 4.78 is 5.45. The van der Waals surface area contributed by atoms with Crippen LogP contribution < -0.4 is 15.5 Å². The predicted molar refractivity (Wildman–Crippen MR) is 111 cm³/mol. The van der Waals surface area contributed by atoms with Gasteiger partial charge in [0.1, 0.15) is 0 Å². The van der Waals surface area contributed by atoms with E-state index in [1.54, 1.807) is 0 Å². The maximum absolute atomic E-state index is 5.45. The number of hydrogen-bond acceptors (Lipinski definition) is 7. The molecular weight excluding hydrogens is 352 g/mol. The zero-order valence-corrected chi connectivity index (χ0v) is 15.7. The standard InChI is InChI=1S/C21H24N6O/c1-3-7-17(8-4-1)11-12-22-19-24-20(23-18-9-5-2-6-10-18)26-21(25-19)27-13-15-28-16-14-27/h1-10H,11-16H2,(H2,22,23,24,25,26). The lowest BCUT2D eigenvalue weighted by Gasteiger charge is -2.27. The summed E-state index contributed by atoms with van der Waals surface area (Å²) in [5.74, 6) is 1.77. The normalized spacial score (nSPS) is 13.9. The van der Waals surface area contributed by atoms with Crippen LogP contribution in [0, 0.1) is 0 Å².